The highest BCUT2D eigenvalue weighted by molar-refractivity contribution is 6.30. The van der Waals surface area contributed by atoms with Gasteiger partial charge in [0.2, 0.25) is 0 Å². The Morgan fingerprint density at radius 3 is 2.37 bits per heavy atom. The van der Waals surface area contributed by atoms with Gasteiger partial charge < -0.3 is 5.32 Å². The second kappa shape index (κ2) is 6.13. The van der Waals surface area contributed by atoms with Crippen LogP contribution in [0.3, 0.4) is 0 Å². The van der Waals surface area contributed by atoms with Crippen molar-refractivity contribution in [1.29, 1.82) is 0 Å². The van der Waals surface area contributed by atoms with Crippen molar-refractivity contribution in [1.82, 2.24) is 5.32 Å². The molecule has 0 spiro atoms. The van der Waals surface area contributed by atoms with Crippen molar-refractivity contribution in [2.75, 3.05) is 7.05 Å². The second-order valence-corrected chi connectivity index (χ2v) is 4.75. The predicted octanol–water partition coefficient (Wildman–Crippen LogP) is 4.12. The van der Waals surface area contributed by atoms with Crippen molar-refractivity contribution >= 4 is 11.6 Å². The van der Waals surface area contributed by atoms with Crippen LogP contribution in [0.25, 0.3) is 0 Å². The highest BCUT2D eigenvalue weighted by Crippen LogP contribution is 2.21. The Hall–Kier alpha value is -1.45. The summed E-state index contributed by atoms with van der Waals surface area (Å²) in [6.07, 6.45) is 0.607. The van der Waals surface area contributed by atoms with E-state index in [9.17, 15) is 8.78 Å². The van der Waals surface area contributed by atoms with E-state index in [1.54, 1.807) is 24.3 Å². The molecule has 1 unspecified atom stereocenters. The van der Waals surface area contributed by atoms with Gasteiger partial charge in [0.1, 0.15) is 11.6 Å². The van der Waals surface area contributed by atoms with Crippen molar-refractivity contribution in [3.63, 3.8) is 0 Å². The Balaban J connectivity index is 2.18. The van der Waals surface area contributed by atoms with Crippen molar-refractivity contribution in [3.05, 3.63) is 70.2 Å². The molecule has 1 atom stereocenters. The molecule has 4 heteroatoms. The van der Waals surface area contributed by atoms with Crippen molar-refractivity contribution in [2.45, 2.75) is 12.5 Å². The molecule has 2 aromatic carbocycles. The van der Waals surface area contributed by atoms with Crippen LogP contribution < -0.4 is 5.32 Å². The molecule has 100 valence electrons. The van der Waals surface area contributed by atoms with Gasteiger partial charge in [0.25, 0.3) is 0 Å². The zero-order valence-corrected chi connectivity index (χ0v) is 11.2. The van der Waals surface area contributed by atoms with Crippen LogP contribution in [-0.2, 0) is 6.42 Å². The lowest BCUT2D eigenvalue weighted by Crippen LogP contribution is -2.18. The highest BCUT2D eigenvalue weighted by Gasteiger charge is 2.11. The zero-order valence-electron chi connectivity index (χ0n) is 10.5. The number of hydrogen-bond acceptors (Lipinski definition) is 1. The van der Waals surface area contributed by atoms with Gasteiger partial charge >= 0.3 is 0 Å². The molecule has 2 rings (SSSR count). The molecule has 0 heterocycles. The van der Waals surface area contributed by atoms with Gasteiger partial charge in [-0.15, -0.1) is 0 Å². The average Bonchev–Trinajstić information content (AvgIpc) is 2.41. The van der Waals surface area contributed by atoms with Crippen LogP contribution in [0.1, 0.15) is 17.2 Å². The van der Waals surface area contributed by atoms with Gasteiger partial charge in [-0.25, -0.2) is 8.78 Å². The lowest BCUT2D eigenvalue weighted by molar-refractivity contribution is 0.580. The summed E-state index contributed by atoms with van der Waals surface area (Å²) in [5.41, 5.74) is 1.80. The highest BCUT2D eigenvalue weighted by atomic mass is 35.5. The molecule has 0 aliphatic heterocycles. The summed E-state index contributed by atoms with van der Waals surface area (Å²) in [6, 6.07) is 11.1. The van der Waals surface area contributed by atoms with E-state index in [1.165, 1.54) is 18.2 Å². The maximum Gasteiger partial charge on any atom is 0.142 e. The van der Waals surface area contributed by atoms with Crippen molar-refractivity contribution < 1.29 is 8.78 Å². The van der Waals surface area contributed by atoms with Gasteiger partial charge in [-0.1, -0.05) is 29.8 Å². The Morgan fingerprint density at radius 2 is 1.79 bits per heavy atom. The van der Waals surface area contributed by atoms with E-state index in [2.05, 4.69) is 5.32 Å². The van der Waals surface area contributed by atoms with Gasteiger partial charge in [-0.05, 0) is 48.9 Å². The van der Waals surface area contributed by atoms with Crippen LogP contribution in [0.15, 0.2) is 42.5 Å². The lowest BCUT2D eigenvalue weighted by atomic mass is 9.99. The molecule has 0 saturated carbocycles. The van der Waals surface area contributed by atoms with E-state index in [1.807, 2.05) is 7.05 Å². The summed E-state index contributed by atoms with van der Waals surface area (Å²) in [4.78, 5) is 0. The Kier molecular flexibility index (Phi) is 4.51. The average molecular weight is 282 g/mol. The van der Waals surface area contributed by atoms with Gasteiger partial charge in [0.05, 0.1) is 5.02 Å². The number of halogens is 3. The number of likely N-dealkylation sites (N-methyl/N-ethyl adjacent to an activating group) is 1. The third kappa shape index (κ3) is 3.52. The molecule has 0 saturated heterocycles. The molecular formula is C15H14ClF2N. The minimum atomic E-state index is -0.423. The Bertz CT molecular complexity index is 555. The normalized spacial score (nSPS) is 12.4. The Morgan fingerprint density at radius 1 is 1.11 bits per heavy atom. The fraction of sp³-hybridized carbons (Fsp3) is 0.200. The van der Waals surface area contributed by atoms with Crippen LogP contribution >= 0.6 is 11.6 Å². The molecule has 0 bridgehead atoms. The first kappa shape index (κ1) is 14.0. The molecule has 1 nitrogen and oxygen atoms in total. The summed E-state index contributed by atoms with van der Waals surface area (Å²) in [5.74, 6) is -0.690. The van der Waals surface area contributed by atoms with Gasteiger partial charge in [0, 0.05) is 6.04 Å². The molecular weight excluding hydrogens is 268 g/mol. The fourth-order valence-corrected chi connectivity index (χ4v) is 2.10. The van der Waals surface area contributed by atoms with Crippen molar-refractivity contribution in [3.8, 4) is 0 Å². The maximum absolute atomic E-state index is 13.4. The first-order valence-electron chi connectivity index (χ1n) is 5.97. The van der Waals surface area contributed by atoms with E-state index >= 15 is 0 Å². The molecule has 0 aromatic heterocycles. The lowest BCUT2D eigenvalue weighted by Gasteiger charge is -2.17. The molecule has 0 aliphatic carbocycles. The second-order valence-electron chi connectivity index (χ2n) is 4.35. The summed E-state index contributed by atoms with van der Waals surface area (Å²) < 4.78 is 26.3. The molecule has 19 heavy (non-hydrogen) atoms. The smallest absolute Gasteiger partial charge is 0.142 e. The molecule has 0 radical (unpaired) electrons. The van der Waals surface area contributed by atoms with Gasteiger partial charge in [-0.2, -0.15) is 0 Å². The standard InChI is InChI=1S/C15H14ClF2N/c1-19-15(11-3-5-12(17)6-4-11)9-10-2-7-13(16)14(18)8-10/h2-8,15,19H,9H2,1H3. The predicted molar refractivity (Wildman–Crippen MR) is 73.3 cm³/mol. The topological polar surface area (TPSA) is 12.0 Å². The largest absolute Gasteiger partial charge is 0.313 e. The first-order valence-corrected chi connectivity index (χ1v) is 6.34. The fourth-order valence-electron chi connectivity index (χ4n) is 1.98. The molecule has 0 fully saturated rings. The number of nitrogens with one attached hydrogen (secondary N) is 1. The van der Waals surface area contributed by atoms with E-state index in [0.29, 0.717) is 6.42 Å². The summed E-state index contributed by atoms with van der Waals surface area (Å²) >= 11 is 5.65. The SMILES string of the molecule is CNC(Cc1ccc(Cl)c(F)c1)c1ccc(F)cc1. The molecule has 0 amide bonds. The number of hydrogen-bond donors (Lipinski definition) is 1. The third-order valence-electron chi connectivity index (χ3n) is 3.04. The van der Waals surface area contributed by atoms with E-state index < -0.39 is 5.82 Å². The monoisotopic (exact) mass is 281 g/mol. The first-order chi connectivity index (χ1) is 9.10. The minimum Gasteiger partial charge on any atom is -0.313 e. The maximum atomic E-state index is 13.4. The van der Waals surface area contributed by atoms with Crippen LogP contribution in [0.2, 0.25) is 5.02 Å². The van der Waals surface area contributed by atoms with E-state index in [0.717, 1.165) is 11.1 Å². The minimum absolute atomic E-state index is 0.00109. The van der Waals surface area contributed by atoms with Crippen LogP contribution in [0.4, 0.5) is 8.78 Å². The summed E-state index contributed by atoms with van der Waals surface area (Å²) in [7, 11) is 1.82. The molecule has 0 aliphatic rings. The van der Waals surface area contributed by atoms with Crippen LogP contribution in [0, 0.1) is 11.6 Å². The quantitative estimate of drug-likeness (QED) is 0.889. The zero-order chi connectivity index (χ0) is 13.8. The molecule has 1 N–H and O–H groups in total. The Labute approximate surface area is 116 Å². The van der Waals surface area contributed by atoms with Crippen LogP contribution in [-0.4, -0.2) is 7.05 Å². The summed E-state index contributed by atoms with van der Waals surface area (Å²) in [5, 5.41) is 3.26. The summed E-state index contributed by atoms with van der Waals surface area (Å²) in [6.45, 7) is 0. The van der Waals surface area contributed by atoms with E-state index in [-0.39, 0.29) is 16.9 Å². The van der Waals surface area contributed by atoms with E-state index in [4.69, 9.17) is 11.6 Å². The van der Waals surface area contributed by atoms with Gasteiger partial charge in [-0.3, -0.25) is 0 Å². The van der Waals surface area contributed by atoms with Crippen LogP contribution in [0.5, 0.6) is 0 Å². The number of benzene rings is 2. The number of rotatable bonds is 4. The third-order valence-corrected chi connectivity index (χ3v) is 3.35. The van der Waals surface area contributed by atoms with Crippen molar-refractivity contribution in [2.24, 2.45) is 0 Å². The van der Waals surface area contributed by atoms with Gasteiger partial charge in [0.15, 0.2) is 0 Å². The molecule has 2 aromatic rings.